The second-order valence-electron chi connectivity index (χ2n) is 6.89. The van der Waals surface area contributed by atoms with E-state index < -0.39 is 22.6 Å². The number of aliphatic hydroxyl groups is 2. The molecule has 0 aromatic heterocycles. The molecule has 2 heterocycles. The topological polar surface area (TPSA) is 76.0 Å². The molecule has 19 heavy (non-hydrogen) atoms. The maximum atomic E-state index is 12.4. The average molecular weight is 266 g/mol. The fraction of sp³-hybridized carbons (Fsp3) is 0.786. The Morgan fingerprint density at radius 1 is 1.37 bits per heavy atom. The zero-order chi connectivity index (χ0) is 13.8. The van der Waals surface area contributed by atoms with Crippen LogP contribution in [0.4, 0.5) is 0 Å². The Kier molecular flexibility index (Phi) is 1.78. The minimum absolute atomic E-state index is 0.0705. The average Bonchev–Trinajstić information content (AvgIpc) is 2.91. The smallest absolute Gasteiger partial charge is 0.246 e. The molecule has 5 nitrogen and oxygen atoms in total. The minimum Gasteiger partial charge on any atom is -0.360 e. The second-order valence-corrected chi connectivity index (χ2v) is 6.89. The van der Waals surface area contributed by atoms with Crippen molar-refractivity contribution in [1.29, 1.82) is 0 Å². The Hall–Kier alpha value is -0.750. The summed E-state index contributed by atoms with van der Waals surface area (Å²) in [6, 6.07) is 0. The van der Waals surface area contributed by atoms with E-state index in [0.717, 1.165) is 0 Å². The van der Waals surface area contributed by atoms with Crippen LogP contribution in [0, 0.1) is 11.3 Å². The largest absolute Gasteiger partial charge is 0.360 e. The molecule has 0 amide bonds. The summed E-state index contributed by atoms with van der Waals surface area (Å²) in [6.07, 6.45) is 2.20. The molecule has 4 aliphatic rings. The maximum absolute atomic E-state index is 12.4. The molecule has 2 aliphatic heterocycles. The first-order chi connectivity index (χ1) is 8.67. The van der Waals surface area contributed by atoms with Gasteiger partial charge in [0.25, 0.3) is 0 Å². The number of carbonyl (C=O) groups excluding carboxylic acids is 1. The predicted molar refractivity (Wildman–Crippen MR) is 63.9 cm³/mol. The second kappa shape index (κ2) is 2.81. The number of hydrogen-bond acceptors (Lipinski definition) is 5. The van der Waals surface area contributed by atoms with Crippen LogP contribution in [0.15, 0.2) is 11.6 Å². The van der Waals surface area contributed by atoms with Crippen molar-refractivity contribution in [1.82, 2.24) is 0 Å². The monoisotopic (exact) mass is 266 g/mol. The number of fused-ring (bicyclic) bond motifs is 2. The quantitative estimate of drug-likeness (QED) is 0.667. The van der Waals surface area contributed by atoms with Crippen molar-refractivity contribution >= 4 is 5.78 Å². The zero-order valence-corrected chi connectivity index (χ0v) is 11.3. The van der Waals surface area contributed by atoms with Crippen LogP contribution < -0.4 is 0 Å². The first-order valence-corrected chi connectivity index (χ1v) is 6.76. The number of ketones is 1. The number of rotatable bonds is 0. The Bertz CT molecular complexity index is 538. The first kappa shape index (κ1) is 12.0. The van der Waals surface area contributed by atoms with Gasteiger partial charge in [0.1, 0.15) is 0 Å². The number of carbonyl (C=O) groups is 1. The van der Waals surface area contributed by atoms with Crippen molar-refractivity contribution in [3.63, 3.8) is 0 Å². The molecule has 2 N–H and O–H groups in total. The lowest BCUT2D eigenvalue weighted by atomic mass is 9.74. The van der Waals surface area contributed by atoms with E-state index in [9.17, 15) is 15.0 Å². The highest BCUT2D eigenvalue weighted by Crippen LogP contribution is 2.76. The van der Waals surface area contributed by atoms with Gasteiger partial charge < -0.3 is 19.7 Å². The summed E-state index contributed by atoms with van der Waals surface area (Å²) in [7, 11) is 0. The SMILES string of the molecule is C[C@@H]1CC2=CC(=O)[C@@]34C[C@H]3C(C)(C)O[C@]4(O)[C@@]2(O)O1. The van der Waals surface area contributed by atoms with Gasteiger partial charge in [-0.15, -0.1) is 0 Å². The summed E-state index contributed by atoms with van der Waals surface area (Å²) >= 11 is 0. The lowest BCUT2D eigenvalue weighted by molar-refractivity contribution is -0.387. The fourth-order valence-electron chi connectivity index (χ4n) is 4.43. The zero-order valence-electron chi connectivity index (χ0n) is 11.3. The van der Waals surface area contributed by atoms with Gasteiger partial charge in [0.2, 0.25) is 11.6 Å². The van der Waals surface area contributed by atoms with E-state index in [1.165, 1.54) is 6.08 Å². The van der Waals surface area contributed by atoms with Crippen LogP contribution in [-0.2, 0) is 14.3 Å². The molecule has 1 spiro atoms. The molecular formula is C14H18O5. The molecule has 104 valence electrons. The molecule has 2 saturated heterocycles. The van der Waals surface area contributed by atoms with E-state index >= 15 is 0 Å². The van der Waals surface area contributed by atoms with Crippen LogP contribution in [-0.4, -0.2) is 39.3 Å². The van der Waals surface area contributed by atoms with Gasteiger partial charge in [0, 0.05) is 17.9 Å². The maximum Gasteiger partial charge on any atom is 0.246 e. The number of ether oxygens (including phenoxy) is 2. The third-order valence-electron chi connectivity index (χ3n) is 5.33. The standard InChI is InChI=1S/C14H18O5/c1-7-4-8-5-10(15)12-6-9(12)11(2,3)19-14(12,17)13(8,16)18-7/h5,7,9,16-17H,4,6H2,1-3H3/t7-,9+,12-,13+,14+/m1/s1. The third kappa shape index (κ3) is 1.00. The minimum atomic E-state index is -1.96. The van der Waals surface area contributed by atoms with Crippen LogP contribution in [0.2, 0.25) is 0 Å². The highest BCUT2D eigenvalue weighted by Gasteiger charge is 2.88. The molecule has 3 fully saturated rings. The van der Waals surface area contributed by atoms with Crippen LogP contribution in [0.3, 0.4) is 0 Å². The molecule has 0 aromatic carbocycles. The van der Waals surface area contributed by atoms with Crippen LogP contribution in [0.25, 0.3) is 0 Å². The molecule has 2 aliphatic carbocycles. The Morgan fingerprint density at radius 3 is 2.68 bits per heavy atom. The van der Waals surface area contributed by atoms with Crippen LogP contribution in [0.5, 0.6) is 0 Å². The summed E-state index contributed by atoms with van der Waals surface area (Å²) < 4.78 is 11.3. The number of allylic oxidation sites excluding steroid dienone is 1. The molecule has 5 atom stereocenters. The molecule has 4 rings (SSSR count). The summed E-state index contributed by atoms with van der Waals surface area (Å²) in [4.78, 5) is 12.4. The predicted octanol–water partition coefficient (Wildman–Crippen LogP) is 0.497. The summed E-state index contributed by atoms with van der Waals surface area (Å²) in [5, 5.41) is 21.8. The van der Waals surface area contributed by atoms with Gasteiger partial charge in [0.05, 0.1) is 17.1 Å². The molecule has 1 saturated carbocycles. The van der Waals surface area contributed by atoms with Crippen LogP contribution in [0.1, 0.15) is 33.6 Å². The van der Waals surface area contributed by atoms with Crippen molar-refractivity contribution in [3.05, 3.63) is 11.6 Å². The highest BCUT2D eigenvalue weighted by molar-refractivity contribution is 6.01. The molecule has 0 aromatic rings. The molecular weight excluding hydrogens is 248 g/mol. The van der Waals surface area contributed by atoms with E-state index in [1.807, 2.05) is 20.8 Å². The van der Waals surface area contributed by atoms with Crippen molar-refractivity contribution in [2.45, 2.75) is 56.9 Å². The number of hydrogen-bond donors (Lipinski definition) is 2. The van der Waals surface area contributed by atoms with E-state index in [4.69, 9.17) is 9.47 Å². The van der Waals surface area contributed by atoms with Crippen molar-refractivity contribution in [2.24, 2.45) is 11.3 Å². The summed E-state index contributed by atoms with van der Waals surface area (Å²) in [5.41, 5.74) is -1.24. The molecule has 5 heteroatoms. The lowest BCUT2D eigenvalue weighted by Crippen LogP contribution is -2.65. The van der Waals surface area contributed by atoms with Crippen LogP contribution >= 0.6 is 0 Å². The lowest BCUT2D eigenvalue weighted by Gasteiger charge is -2.46. The van der Waals surface area contributed by atoms with Gasteiger partial charge in [0.15, 0.2) is 5.78 Å². The van der Waals surface area contributed by atoms with E-state index in [-0.39, 0.29) is 17.8 Å². The molecule has 0 radical (unpaired) electrons. The first-order valence-electron chi connectivity index (χ1n) is 6.76. The normalized spacial score (nSPS) is 57.3. The third-order valence-corrected chi connectivity index (χ3v) is 5.33. The van der Waals surface area contributed by atoms with Crippen molar-refractivity contribution in [2.75, 3.05) is 0 Å². The van der Waals surface area contributed by atoms with Crippen molar-refractivity contribution < 1.29 is 24.5 Å². The Morgan fingerprint density at radius 2 is 2.05 bits per heavy atom. The van der Waals surface area contributed by atoms with Gasteiger partial charge in [-0.2, -0.15) is 0 Å². The Balaban J connectivity index is 1.94. The van der Waals surface area contributed by atoms with Gasteiger partial charge in [-0.3, -0.25) is 4.79 Å². The van der Waals surface area contributed by atoms with Gasteiger partial charge in [-0.05, 0) is 33.3 Å². The van der Waals surface area contributed by atoms with E-state index in [1.54, 1.807) is 0 Å². The van der Waals surface area contributed by atoms with E-state index in [2.05, 4.69) is 0 Å². The van der Waals surface area contributed by atoms with Crippen molar-refractivity contribution in [3.8, 4) is 0 Å². The molecule has 0 bridgehead atoms. The van der Waals surface area contributed by atoms with Gasteiger partial charge in [-0.25, -0.2) is 0 Å². The summed E-state index contributed by atoms with van der Waals surface area (Å²) in [5.74, 6) is -4.05. The van der Waals surface area contributed by atoms with Gasteiger partial charge in [-0.1, -0.05) is 0 Å². The summed E-state index contributed by atoms with van der Waals surface area (Å²) in [6.45, 7) is 5.50. The molecule has 0 unspecified atom stereocenters. The Labute approximate surface area is 111 Å². The van der Waals surface area contributed by atoms with E-state index in [0.29, 0.717) is 18.4 Å². The fourth-order valence-corrected chi connectivity index (χ4v) is 4.43. The highest BCUT2D eigenvalue weighted by atomic mass is 16.7. The van der Waals surface area contributed by atoms with Gasteiger partial charge >= 0.3 is 0 Å².